The molecule has 82 valence electrons. The van der Waals surface area contributed by atoms with E-state index in [1.807, 2.05) is 0 Å². The molecule has 0 aromatic heterocycles. The van der Waals surface area contributed by atoms with Crippen molar-refractivity contribution in [3.63, 3.8) is 0 Å². The molecule has 0 atom stereocenters. The van der Waals surface area contributed by atoms with Crippen molar-refractivity contribution in [1.29, 1.82) is 0 Å². The highest BCUT2D eigenvalue weighted by Crippen LogP contribution is 2.33. The molecule has 0 fully saturated rings. The predicted molar refractivity (Wildman–Crippen MR) is 54.6 cm³/mol. The van der Waals surface area contributed by atoms with E-state index in [0.717, 1.165) is 12.8 Å². The maximum atomic E-state index is 11.1. The third-order valence-electron chi connectivity index (χ3n) is 2.74. The Hall–Kier alpha value is -1.07. The first-order chi connectivity index (χ1) is 7.00. The van der Waals surface area contributed by atoms with E-state index in [1.165, 1.54) is 12.1 Å². The van der Waals surface area contributed by atoms with Crippen LogP contribution in [0.5, 0.6) is 5.75 Å². The average molecular weight is 228 g/mol. The molecule has 0 aliphatic heterocycles. The molecule has 0 saturated heterocycles. The van der Waals surface area contributed by atoms with E-state index in [-0.39, 0.29) is 10.6 Å². The normalized spacial score (nSPS) is 16.1. The van der Waals surface area contributed by atoms with Crippen molar-refractivity contribution < 1.29 is 18.1 Å². The number of rotatable bonds is 1. The summed E-state index contributed by atoms with van der Waals surface area (Å²) in [6.45, 7) is 0. The van der Waals surface area contributed by atoms with E-state index in [0.29, 0.717) is 24.0 Å². The molecule has 2 N–H and O–H groups in total. The van der Waals surface area contributed by atoms with Gasteiger partial charge in [-0.25, -0.2) is 0 Å². The van der Waals surface area contributed by atoms with Crippen LogP contribution in [0.1, 0.15) is 24.0 Å². The second-order valence-corrected chi connectivity index (χ2v) is 5.11. The molecule has 0 saturated carbocycles. The van der Waals surface area contributed by atoms with E-state index in [9.17, 15) is 13.5 Å². The molecule has 0 heterocycles. The van der Waals surface area contributed by atoms with Gasteiger partial charge in [0.25, 0.3) is 10.1 Å². The Kier molecular flexibility index (Phi) is 2.44. The van der Waals surface area contributed by atoms with E-state index in [2.05, 4.69) is 0 Å². The lowest BCUT2D eigenvalue weighted by molar-refractivity contribution is 0.457. The molecular weight excluding hydrogens is 216 g/mol. The van der Waals surface area contributed by atoms with Crippen LogP contribution in [0, 0.1) is 0 Å². The minimum atomic E-state index is -4.17. The fourth-order valence-electron chi connectivity index (χ4n) is 2.06. The molecule has 5 heteroatoms. The Morgan fingerprint density at radius 1 is 1.07 bits per heavy atom. The van der Waals surface area contributed by atoms with Gasteiger partial charge in [0.1, 0.15) is 5.75 Å². The van der Waals surface area contributed by atoms with Gasteiger partial charge in [0.05, 0.1) is 4.90 Å². The number of phenols is 1. The molecular formula is C10H12O4S. The minimum Gasteiger partial charge on any atom is -0.508 e. The van der Waals surface area contributed by atoms with Crippen LogP contribution < -0.4 is 0 Å². The number of hydrogen-bond acceptors (Lipinski definition) is 3. The SMILES string of the molecule is O=S(=O)(O)c1ccc(O)c2c1CCCC2. The molecule has 0 spiro atoms. The van der Waals surface area contributed by atoms with Crippen LogP contribution in [-0.2, 0) is 23.0 Å². The first-order valence-corrected chi connectivity index (χ1v) is 6.25. The Balaban J connectivity index is 2.69. The molecule has 1 aliphatic rings. The zero-order valence-electron chi connectivity index (χ0n) is 8.10. The van der Waals surface area contributed by atoms with E-state index >= 15 is 0 Å². The zero-order valence-corrected chi connectivity index (χ0v) is 8.92. The van der Waals surface area contributed by atoms with Crippen LogP contribution in [-0.4, -0.2) is 18.1 Å². The second-order valence-electron chi connectivity index (χ2n) is 3.72. The molecule has 0 radical (unpaired) electrons. The zero-order chi connectivity index (χ0) is 11.1. The molecule has 1 aromatic carbocycles. The monoisotopic (exact) mass is 228 g/mol. The predicted octanol–water partition coefficient (Wildman–Crippen LogP) is 1.52. The summed E-state index contributed by atoms with van der Waals surface area (Å²) >= 11 is 0. The molecule has 0 amide bonds. The van der Waals surface area contributed by atoms with Gasteiger partial charge < -0.3 is 5.11 Å². The lowest BCUT2D eigenvalue weighted by atomic mass is 9.91. The molecule has 1 aromatic rings. The number of aromatic hydroxyl groups is 1. The largest absolute Gasteiger partial charge is 0.508 e. The summed E-state index contributed by atoms with van der Waals surface area (Å²) in [6, 6.07) is 2.59. The minimum absolute atomic E-state index is 0.0602. The van der Waals surface area contributed by atoms with Crippen molar-refractivity contribution in [2.24, 2.45) is 0 Å². The summed E-state index contributed by atoms with van der Waals surface area (Å²) in [4.78, 5) is -0.0602. The van der Waals surface area contributed by atoms with Crippen LogP contribution in [0.15, 0.2) is 17.0 Å². The third-order valence-corrected chi connectivity index (χ3v) is 3.68. The molecule has 15 heavy (non-hydrogen) atoms. The summed E-state index contributed by atoms with van der Waals surface area (Å²) in [6.07, 6.45) is 3.10. The van der Waals surface area contributed by atoms with Crippen LogP contribution >= 0.6 is 0 Å². The first-order valence-electron chi connectivity index (χ1n) is 4.81. The van der Waals surface area contributed by atoms with Gasteiger partial charge in [0.2, 0.25) is 0 Å². The average Bonchev–Trinajstić information content (AvgIpc) is 2.17. The summed E-state index contributed by atoms with van der Waals surface area (Å²) in [5.41, 5.74) is 1.24. The smallest absolute Gasteiger partial charge is 0.294 e. The van der Waals surface area contributed by atoms with Gasteiger partial charge in [-0.15, -0.1) is 0 Å². The number of phenolic OH excluding ortho intramolecular Hbond substituents is 1. The maximum absolute atomic E-state index is 11.1. The van der Waals surface area contributed by atoms with E-state index in [1.54, 1.807) is 0 Å². The van der Waals surface area contributed by atoms with Gasteiger partial charge in [-0.3, -0.25) is 4.55 Å². The van der Waals surface area contributed by atoms with Crippen LogP contribution in [0.3, 0.4) is 0 Å². The fourth-order valence-corrected chi connectivity index (χ4v) is 2.83. The van der Waals surface area contributed by atoms with Gasteiger partial charge in [-0.2, -0.15) is 8.42 Å². The van der Waals surface area contributed by atoms with Crippen molar-refractivity contribution in [3.8, 4) is 5.75 Å². The molecule has 0 bridgehead atoms. The standard InChI is InChI=1S/C10H12O4S/c11-9-5-6-10(15(12,13)14)8-4-2-1-3-7(8)9/h5-6,11H,1-4H2,(H,12,13,14). The Bertz CT molecular complexity index is 490. The molecule has 4 nitrogen and oxygen atoms in total. The first kappa shape index (κ1) is 10.4. The quantitative estimate of drug-likeness (QED) is 0.714. The van der Waals surface area contributed by atoms with Crippen molar-refractivity contribution in [3.05, 3.63) is 23.3 Å². The van der Waals surface area contributed by atoms with Crippen molar-refractivity contribution >= 4 is 10.1 Å². The second kappa shape index (κ2) is 3.50. The summed E-state index contributed by atoms with van der Waals surface area (Å²) in [5, 5.41) is 9.57. The van der Waals surface area contributed by atoms with Gasteiger partial charge in [-0.1, -0.05) is 0 Å². The summed E-state index contributed by atoms with van der Waals surface area (Å²) in [5.74, 6) is 0.122. The third kappa shape index (κ3) is 1.85. The maximum Gasteiger partial charge on any atom is 0.294 e. The highest BCUT2D eigenvalue weighted by Gasteiger charge is 2.22. The number of benzene rings is 1. The highest BCUT2D eigenvalue weighted by atomic mass is 32.2. The lowest BCUT2D eigenvalue weighted by Gasteiger charge is -2.18. The van der Waals surface area contributed by atoms with Gasteiger partial charge >= 0.3 is 0 Å². The van der Waals surface area contributed by atoms with Crippen molar-refractivity contribution in [2.45, 2.75) is 30.6 Å². The lowest BCUT2D eigenvalue weighted by Crippen LogP contribution is -2.10. The summed E-state index contributed by atoms with van der Waals surface area (Å²) in [7, 11) is -4.17. The summed E-state index contributed by atoms with van der Waals surface area (Å²) < 4.78 is 31.2. The van der Waals surface area contributed by atoms with Crippen molar-refractivity contribution in [2.75, 3.05) is 0 Å². The van der Waals surface area contributed by atoms with Crippen LogP contribution in [0.4, 0.5) is 0 Å². The highest BCUT2D eigenvalue weighted by molar-refractivity contribution is 7.85. The molecule has 1 aliphatic carbocycles. The Morgan fingerprint density at radius 2 is 1.67 bits per heavy atom. The van der Waals surface area contributed by atoms with Crippen molar-refractivity contribution in [1.82, 2.24) is 0 Å². The van der Waals surface area contributed by atoms with Gasteiger partial charge in [0, 0.05) is 0 Å². The van der Waals surface area contributed by atoms with Crippen LogP contribution in [0.25, 0.3) is 0 Å². The Labute approximate surface area is 88.3 Å². The topological polar surface area (TPSA) is 74.6 Å². The number of hydrogen-bond donors (Lipinski definition) is 2. The van der Waals surface area contributed by atoms with E-state index in [4.69, 9.17) is 4.55 Å². The van der Waals surface area contributed by atoms with E-state index < -0.39 is 10.1 Å². The number of fused-ring (bicyclic) bond motifs is 1. The molecule has 0 unspecified atom stereocenters. The van der Waals surface area contributed by atoms with Gasteiger partial charge in [0.15, 0.2) is 0 Å². The van der Waals surface area contributed by atoms with Gasteiger partial charge in [-0.05, 0) is 48.9 Å². The molecule has 2 rings (SSSR count). The van der Waals surface area contributed by atoms with Crippen LogP contribution in [0.2, 0.25) is 0 Å². The Morgan fingerprint density at radius 3 is 2.27 bits per heavy atom. The fraction of sp³-hybridized carbons (Fsp3) is 0.400.